The first kappa shape index (κ1) is 13.8. The summed E-state index contributed by atoms with van der Waals surface area (Å²) in [6.07, 6.45) is 7.17. The number of anilines is 1. The number of thiophene rings is 1. The summed E-state index contributed by atoms with van der Waals surface area (Å²) in [6, 6.07) is 8.01. The highest BCUT2D eigenvalue weighted by Crippen LogP contribution is 2.15. The molecule has 0 spiro atoms. The van der Waals surface area contributed by atoms with Gasteiger partial charge in [-0.15, -0.1) is 11.3 Å². The van der Waals surface area contributed by atoms with Crippen molar-refractivity contribution in [3.63, 3.8) is 0 Å². The first-order valence-electron chi connectivity index (χ1n) is 6.98. The van der Waals surface area contributed by atoms with E-state index in [1.165, 1.54) is 5.69 Å². The molecule has 0 saturated carbocycles. The van der Waals surface area contributed by atoms with Crippen LogP contribution in [-0.4, -0.2) is 42.0 Å². The lowest BCUT2D eigenvalue weighted by Crippen LogP contribution is -2.48. The number of amides is 1. The van der Waals surface area contributed by atoms with Gasteiger partial charge in [-0.05, 0) is 29.7 Å². The second-order valence-corrected chi connectivity index (χ2v) is 5.85. The Morgan fingerprint density at radius 1 is 1.14 bits per heavy atom. The standard InChI is InChI=1S/C16H17N3OS/c20-16(4-3-15-2-1-13-21-15)19-11-9-18(10-12-19)14-5-7-17-8-6-14/h1-8,13H,9-12H2/b4-3+. The van der Waals surface area contributed by atoms with E-state index < -0.39 is 0 Å². The number of pyridine rings is 1. The van der Waals surface area contributed by atoms with E-state index in [0.717, 1.165) is 31.1 Å². The van der Waals surface area contributed by atoms with Gasteiger partial charge in [0.25, 0.3) is 0 Å². The second kappa shape index (κ2) is 6.54. The lowest BCUT2D eigenvalue weighted by Gasteiger charge is -2.35. The van der Waals surface area contributed by atoms with Crippen LogP contribution in [-0.2, 0) is 4.79 Å². The zero-order chi connectivity index (χ0) is 14.5. The number of hydrogen-bond acceptors (Lipinski definition) is 4. The van der Waals surface area contributed by atoms with Gasteiger partial charge < -0.3 is 9.80 Å². The van der Waals surface area contributed by atoms with Crippen LogP contribution in [0.2, 0.25) is 0 Å². The summed E-state index contributed by atoms with van der Waals surface area (Å²) in [5.74, 6) is 0.0952. The smallest absolute Gasteiger partial charge is 0.246 e. The fourth-order valence-corrected chi connectivity index (χ4v) is 3.00. The Bertz CT molecular complexity index is 602. The Balaban J connectivity index is 1.55. The van der Waals surface area contributed by atoms with Crippen LogP contribution in [0.25, 0.3) is 6.08 Å². The van der Waals surface area contributed by atoms with Gasteiger partial charge in [0.05, 0.1) is 0 Å². The summed E-state index contributed by atoms with van der Waals surface area (Å²) in [7, 11) is 0. The first-order valence-corrected chi connectivity index (χ1v) is 7.86. The van der Waals surface area contributed by atoms with Crippen molar-refractivity contribution in [2.45, 2.75) is 0 Å². The molecule has 1 amide bonds. The van der Waals surface area contributed by atoms with Gasteiger partial charge >= 0.3 is 0 Å². The van der Waals surface area contributed by atoms with Crippen LogP contribution >= 0.6 is 11.3 Å². The average molecular weight is 299 g/mol. The molecule has 3 heterocycles. The summed E-state index contributed by atoms with van der Waals surface area (Å²) in [5, 5.41) is 2.01. The zero-order valence-electron chi connectivity index (χ0n) is 11.7. The molecule has 4 nitrogen and oxygen atoms in total. The fourth-order valence-electron chi connectivity index (χ4n) is 2.38. The number of carbonyl (C=O) groups excluding carboxylic acids is 1. The molecule has 2 aromatic heterocycles. The maximum absolute atomic E-state index is 12.2. The van der Waals surface area contributed by atoms with Gasteiger partial charge in [0.15, 0.2) is 0 Å². The van der Waals surface area contributed by atoms with E-state index in [0.29, 0.717) is 0 Å². The van der Waals surface area contributed by atoms with Gasteiger partial charge in [-0.1, -0.05) is 6.07 Å². The third-order valence-electron chi connectivity index (χ3n) is 3.55. The maximum Gasteiger partial charge on any atom is 0.246 e. The molecule has 2 aromatic rings. The molecule has 0 aromatic carbocycles. The molecule has 0 bridgehead atoms. The summed E-state index contributed by atoms with van der Waals surface area (Å²) < 4.78 is 0. The predicted octanol–water partition coefficient (Wildman–Crippen LogP) is 2.51. The van der Waals surface area contributed by atoms with E-state index in [9.17, 15) is 4.79 Å². The van der Waals surface area contributed by atoms with Crippen LogP contribution in [0.15, 0.2) is 48.1 Å². The minimum Gasteiger partial charge on any atom is -0.368 e. The van der Waals surface area contributed by atoms with E-state index in [1.54, 1.807) is 29.8 Å². The van der Waals surface area contributed by atoms with Crippen molar-refractivity contribution in [3.05, 3.63) is 53.0 Å². The van der Waals surface area contributed by atoms with Crippen LogP contribution in [0.1, 0.15) is 4.88 Å². The molecular weight excluding hydrogens is 282 g/mol. The highest BCUT2D eigenvalue weighted by atomic mass is 32.1. The molecule has 108 valence electrons. The van der Waals surface area contributed by atoms with Gasteiger partial charge in [0, 0.05) is 55.2 Å². The average Bonchev–Trinajstić information content (AvgIpc) is 3.07. The van der Waals surface area contributed by atoms with Crippen LogP contribution in [0, 0.1) is 0 Å². The molecule has 5 heteroatoms. The number of hydrogen-bond donors (Lipinski definition) is 0. The number of carbonyl (C=O) groups is 1. The van der Waals surface area contributed by atoms with E-state index in [2.05, 4.69) is 9.88 Å². The van der Waals surface area contributed by atoms with Gasteiger partial charge in [0.1, 0.15) is 0 Å². The molecule has 1 aliphatic heterocycles. The summed E-state index contributed by atoms with van der Waals surface area (Å²) >= 11 is 1.64. The molecule has 0 N–H and O–H groups in total. The molecule has 21 heavy (non-hydrogen) atoms. The third kappa shape index (κ3) is 3.49. The van der Waals surface area contributed by atoms with Crippen LogP contribution < -0.4 is 4.90 Å². The van der Waals surface area contributed by atoms with Crippen molar-refractivity contribution >= 4 is 29.0 Å². The van der Waals surface area contributed by atoms with Gasteiger partial charge in [0.2, 0.25) is 5.91 Å². The molecule has 0 aliphatic carbocycles. The van der Waals surface area contributed by atoms with Crippen molar-refractivity contribution in [2.24, 2.45) is 0 Å². The second-order valence-electron chi connectivity index (χ2n) is 4.87. The Morgan fingerprint density at radius 3 is 2.57 bits per heavy atom. The Morgan fingerprint density at radius 2 is 1.90 bits per heavy atom. The Labute approximate surface area is 128 Å². The number of nitrogens with zero attached hydrogens (tertiary/aromatic N) is 3. The van der Waals surface area contributed by atoms with Gasteiger partial charge in [-0.3, -0.25) is 9.78 Å². The Kier molecular flexibility index (Phi) is 4.31. The third-order valence-corrected chi connectivity index (χ3v) is 4.39. The molecule has 0 atom stereocenters. The van der Waals surface area contributed by atoms with E-state index in [4.69, 9.17) is 0 Å². The number of aromatic nitrogens is 1. The van der Waals surface area contributed by atoms with Crippen LogP contribution in [0.5, 0.6) is 0 Å². The lowest BCUT2D eigenvalue weighted by atomic mass is 10.2. The van der Waals surface area contributed by atoms with E-state index in [1.807, 2.05) is 40.6 Å². The largest absolute Gasteiger partial charge is 0.368 e. The summed E-state index contributed by atoms with van der Waals surface area (Å²) in [5.41, 5.74) is 1.17. The summed E-state index contributed by atoms with van der Waals surface area (Å²) in [4.78, 5) is 21.5. The molecule has 1 saturated heterocycles. The minimum absolute atomic E-state index is 0.0952. The molecular formula is C16H17N3OS. The SMILES string of the molecule is O=C(/C=C/c1cccs1)N1CCN(c2ccncc2)CC1. The monoisotopic (exact) mass is 299 g/mol. The zero-order valence-corrected chi connectivity index (χ0v) is 12.5. The van der Waals surface area contributed by atoms with Crippen molar-refractivity contribution in [1.29, 1.82) is 0 Å². The van der Waals surface area contributed by atoms with Gasteiger partial charge in [-0.25, -0.2) is 0 Å². The highest BCUT2D eigenvalue weighted by Gasteiger charge is 2.19. The topological polar surface area (TPSA) is 36.4 Å². The number of rotatable bonds is 3. The van der Waals surface area contributed by atoms with Crippen molar-refractivity contribution < 1.29 is 4.79 Å². The fraction of sp³-hybridized carbons (Fsp3) is 0.250. The van der Waals surface area contributed by atoms with E-state index >= 15 is 0 Å². The van der Waals surface area contributed by atoms with Crippen molar-refractivity contribution in [1.82, 2.24) is 9.88 Å². The molecule has 3 rings (SSSR count). The molecule has 1 fully saturated rings. The molecule has 0 radical (unpaired) electrons. The van der Waals surface area contributed by atoms with Crippen molar-refractivity contribution in [3.8, 4) is 0 Å². The highest BCUT2D eigenvalue weighted by molar-refractivity contribution is 7.10. The van der Waals surface area contributed by atoms with Crippen LogP contribution in [0.3, 0.4) is 0 Å². The minimum atomic E-state index is 0.0952. The lowest BCUT2D eigenvalue weighted by molar-refractivity contribution is -0.126. The molecule has 1 aliphatic rings. The predicted molar refractivity (Wildman–Crippen MR) is 86.4 cm³/mol. The maximum atomic E-state index is 12.2. The van der Waals surface area contributed by atoms with Crippen molar-refractivity contribution in [2.75, 3.05) is 31.1 Å². The van der Waals surface area contributed by atoms with Crippen LogP contribution in [0.4, 0.5) is 5.69 Å². The Hall–Kier alpha value is -2.14. The summed E-state index contributed by atoms with van der Waals surface area (Å²) in [6.45, 7) is 3.25. The van der Waals surface area contributed by atoms with E-state index in [-0.39, 0.29) is 5.91 Å². The van der Waals surface area contributed by atoms with Gasteiger partial charge in [-0.2, -0.15) is 0 Å². The molecule has 0 unspecified atom stereocenters. The quantitative estimate of drug-likeness (QED) is 0.817. The number of piperazine rings is 1. The normalized spacial score (nSPS) is 15.6. The first-order chi connectivity index (χ1) is 10.3.